The molecule has 1 fully saturated rings. The summed E-state index contributed by atoms with van der Waals surface area (Å²) in [4.78, 5) is 17.4. The zero-order valence-corrected chi connectivity index (χ0v) is 18.5. The predicted molar refractivity (Wildman–Crippen MR) is 125 cm³/mol. The Morgan fingerprint density at radius 3 is 2.16 bits per heavy atom. The normalized spacial score (nSPS) is 13.6. The molecule has 1 amide bonds. The van der Waals surface area contributed by atoms with Gasteiger partial charge in [0.2, 0.25) is 0 Å². The first-order valence-corrected chi connectivity index (χ1v) is 10.7. The molecule has 0 N–H and O–H groups in total. The summed E-state index contributed by atoms with van der Waals surface area (Å²) in [6.07, 6.45) is 0. The minimum Gasteiger partial charge on any atom is -0.497 e. The second kappa shape index (κ2) is 10.1. The highest BCUT2D eigenvalue weighted by Crippen LogP contribution is 2.25. The topological polar surface area (TPSA) is 51.2 Å². The van der Waals surface area contributed by atoms with Gasteiger partial charge in [0.1, 0.15) is 23.9 Å². The van der Waals surface area contributed by atoms with Crippen molar-refractivity contribution in [2.75, 3.05) is 45.3 Å². The lowest BCUT2D eigenvalue weighted by atomic mass is 10.1. The van der Waals surface area contributed by atoms with Gasteiger partial charge < -0.3 is 24.0 Å². The molecule has 0 saturated carbocycles. The number of amides is 1. The highest BCUT2D eigenvalue weighted by atomic mass is 16.5. The van der Waals surface area contributed by atoms with Gasteiger partial charge >= 0.3 is 0 Å². The fraction of sp³-hybridized carbons (Fsp3) is 0.269. The van der Waals surface area contributed by atoms with Crippen molar-refractivity contribution in [1.82, 2.24) is 4.90 Å². The zero-order chi connectivity index (χ0) is 22.3. The lowest BCUT2D eigenvalue weighted by Gasteiger charge is -2.36. The zero-order valence-electron chi connectivity index (χ0n) is 18.5. The van der Waals surface area contributed by atoms with E-state index in [-0.39, 0.29) is 5.91 Å². The van der Waals surface area contributed by atoms with Gasteiger partial charge in [-0.2, -0.15) is 0 Å². The van der Waals surface area contributed by atoms with E-state index in [1.807, 2.05) is 65.6 Å². The maximum absolute atomic E-state index is 13.2. The first-order valence-electron chi connectivity index (χ1n) is 10.7. The number of piperazine rings is 1. The van der Waals surface area contributed by atoms with Gasteiger partial charge in [-0.3, -0.25) is 4.79 Å². The molecule has 3 aromatic rings. The monoisotopic (exact) mass is 432 g/mol. The van der Waals surface area contributed by atoms with Crippen LogP contribution in [0, 0.1) is 0 Å². The number of anilines is 1. The molecule has 166 valence electrons. The number of nitrogens with zero attached hydrogens (tertiary/aromatic N) is 2. The Morgan fingerprint density at radius 2 is 1.50 bits per heavy atom. The molecule has 1 heterocycles. The van der Waals surface area contributed by atoms with Gasteiger partial charge in [-0.15, -0.1) is 0 Å². The summed E-state index contributed by atoms with van der Waals surface area (Å²) in [5.41, 5.74) is 2.67. The molecule has 0 spiro atoms. The van der Waals surface area contributed by atoms with Crippen LogP contribution in [0.3, 0.4) is 0 Å². The molecule has 32 heavy (non-hydrogen) atoms. The van der Waals surface area contributed by atoms with E-state index >= 15 is 0 Å². The SMILES string of the molecule is COc1ccc(OCc2cc(C(=O)N3CCN(c4ccccc4)CC3)ccc2OC)cc1. The second-order valence-electron chi connectivity index (χ2n) is 7.61. The van der Waals surface area contributed by atoms with Crippen LogP contribution in [0.25, 0.3) is 0 Å². The molecule has 0 radical (unpaired) electrons. The van der Waals surface area contributed by atoms with E-state index in [2.05, 4.69) is 17.0 Å². The van der Waals surface area contributed by atoms with E-state index in [9.17, 15) is 4.79 Å². The molecule has 0 unspecified atom stereocenters. The summed E-state index contributed by atoms with van der Waals surface area (Å²) in [5, 5.41) is 0. The lowest BCUT2D eigenvalue weighted by molar-refractivity contribution is 0.0746. The van der Waals surface area contributed by atoms with Crippen LogP contribution in [0.2, 0.25) is 0 Å². The van der Waals surface area contributed by atoms with Crippen molar-refractivity contribution < 1.29 is 19.0 Å². The molecule has 0 aliphatic carbocycles. The van der Waals surface area contributed by atoms with Crippen molar-refractivity contribution in [3.05, 3.63) is 83.9 Å². The average molecular weight is 433 g/mol. The fourth-order valence-corrected chi connectivity index (χ4v) is 3.85. The van der Waals surface area contributed by atoms with Crippen LogP contribution in [0.1, 0.15) is 15.9 Å². The first kappa shape index (κ1) is 21.6. The van der Waals surface area contributed by atoms with Crippen molar-refractivity contribution in [1.29, 1.82) is 0 Å². The van der Waals surface area contributed by atoms with Crippen LogP contribution < -0.4 is 19.1 Å². The minimum atomic E-state index is 0.0334. The summed E-state index contributed by atoms with van der Waals surface area (Å²) >= 11 is 0. The van der Waals surface area contributed by atoms with Crippen molar-refractivity contribution in [2.45, 2.75) is 6.61 Å². The number of hydrogen-bond acceptors (Lipinski definition) is 5. The van der Waals surface area contributed by atoms with Crippen LogP contribution in [0.15, 0.2) is 72.8 Å². The quantitative estimate of drug-likeness (QED) is 0.559. The third-order valence-electron chi connectivity index (χ3n) is 5.67. The van der Waals surface area contributed by atoms with Crippen LogP contribution in [-0.4, -0.2) is 51.2 Å². The average Bonchev–Trinajstić information content (AvgIpc) is 2.87. The molecule has 4 rings (SSSR count). The molecular formula is C26H28N2O4. The minimum absolute atomic E-state index is 0.0334. The molecular weight excluding hydrogens is 404 g/mol. The van der Waals surface area contributed by atoms with Gasteiger partial charge in [-0.1, -0.05) is 18.2 Å². The van der Waals surface area contributed by atoms with E-state index in [1.165, 1.54) is 5.69 Å². The van der Waals surface area contributed by atoms with Crippen molar-refractivity contribution in [2.24, 2.45) is 0 Å². The maximum Gasteiger partial charge on any atom is 0.253 e. The number of carbonyl (C=O) groups is 1. The number of carbonyl (C=O) groups excluding carboxylic acids is 1. The summed E-state index contributed by atoms with van der Waals surface area (Å²) in [5.74, 6) is 2.23. The van der Waals surface area contributed by atoms with Crippen LogP contribution in [0.5, 0.6) is 17.2 Å². The van der Waals surface area contributed by atoms with E-state index in [0.29, 0.717) is 31.0 Å². The number of para-hydroxylation sites is 1. The van der Waals surface area contributed by atoms with Gasteiger partial charge in [0.15, 0.2) is 0 Å². The number of hydrogen-bond donors (Lipinski definition) is 0. The van der Waals surface area contributed by atoms with E-state index in [0.717, 1.165) is 30.2 Å². The number of rotatable bonds is 7. The van der Waals surface area contributed by atoms with Crippen LogP contribution in [0.4, 0.5) is 5.69 Å². The third kappa shape index (κ3) is 4.97. The Labute approximate surface area is 188 Å². The smallest absolute Gasteiger partial charge is 0.253 e. The van der Waals surface area contributed by atoms with Crippen molar-refractivity contribution >= 4 is 11.6 Å². The second-order valence-corrected chi connectivity index (χ2v) is 7.61. The highest BCUT2D eigenvalue weighted by Gasteiger charge is 2.23. The van der Waals surface area contributed by atoms with Crippen LogP contribution in [-0.2, 0) is 6.61 Å². The third-order valence-corrected chi connectivity index (χ3v) is 5.67. The van der Waals surface area contributed by atoms with Crippen molar-refractivity contribution in [3.63, 3.8) is 0 Å². The predicted octanol–water partition coefficient (Wildman–Crippen LogP) is 4.25. The van der Waals surface area contributed by atoms with E-state index < -0.39 is 0 Å². The molecule has 6 heteroatoms. The van der Waals surface area contributed by atoms with Gasteiger partial charge in [-0.05, 0) is 54.6 Å². The molecule has 0 bridgehead atoms. The Bertz CT molecular complexity index is 1030. The summed E-state index contributed by atoms with van der Waals surface area (Å²) in [6, 6.07) is 23.2. The van der Waals surface area contributed by atoms with E-state index in [1.54, 1.807) is 14.2 Å². The summed E-state index contributed by atoms with van der Waals surface area (Å²) in [7, 11) is 3.25. The molecule has 3 aromatic carbocycles. The highest BCUT2D eigenvalue weighted by molar-refractivity contribution is 5.94. The molecule has 0 atom stereocenters. The Morgan fingerprint density at radius 1 is 0.812 bits per heavy atom. The Balaban J connectivity index is 1.41. The Kier molecular flexibility index (Phi) is 6.80. The van der Waals surface area contributed by atoms with Gasteiger partial charge in [0, 0.05) is 43.0 Å². The van der Waals surface area contributed by atoms with E-state index in [4.69, 9.17) is 14.2 Å². The number of methoxy groups -OCH3 is 2. The van der Waals surface area contributed by atoms with Gasteiger partial charge in [0.05, 0.1) is 14.2 Å². The van der Waals surface area contributed by atoms with Crippen molar-refractivity contribution in [3.8, 4) is 17.2 Å². The number of ether oxygens (including phenoxy) is 3. The standard InChI is InChI=1S/C26H28N2O4/c1-30-23-9-11-24(12-10-23)32-19-21-18-20(8-13-25(21)31-2)26(29)28-16-14-27(15-17-28)22-6-4-3-5-7-22/h3-13,18H,14-17,19H2,1-2H3. The largest absolute Gasteiger partial charge is 0.497 e. The lowest BCUT2D eigenvalue weighted by Crippen LogP contribution is -2.48. The molecule has 1 aliphatic heterocycles. The molecule has 0 aromatic heterocycles. The van der Waals surface area contributed by atoms with Gasteiger partial charge in [-0.25, -0.2) is 0 Å². The fourth-order valence-electron chi connectivity index (χ4n) is 3.85. The Hall–Kier alpha value is -3.67. The summed E-state index contributed by atoms with van der Waals surface area (Å²) in [6.45, 7) is 3.33. The van der Waals surface area contributed by atoms with Crippen LogP contribution >= 0.6 is 0 Å². The molecule has 1 aliphatic rings. The maximum atomic E-state index is 13.2. The van der Waals surface area contributed by atoms with Gasteiger partial charge in [0.25, 0.3) is 5.91 Å². The molecule has 1 saturated heterocycles. The molecule has 6 nitrogen and oxygen atoms in total. The first-order chi connectivity index (χ1) is 15.7. The summed E-state index contributed by atoms with van der Waals surface area (Å²) < 4.78 is 16.6. The number of benzene rings is 3.